The Balaban J connectivity index is 0.00000196. The second kappa shape index (κ2) is 6.00. The lowest BCUT2D eigenvalue weighted by Crippen LogP contribution is -2.27. The molecule has 2 nitrogen and oxygen atoms in total. The van der Waals surface area contributed by atoms with Crippen molar-refractivity contribution < 1.29 is 13.9 Å². The molecule has 0 saturated carbocycles. The maximum absolute atomic E-state index is 13.4. The fourth-order valence-corrected chi connectivity index (χ4v) is 1.23. The topological polar surface area (TPSA) is 46.2 Å². The lowest BCUT2D eigenvalue weighted by atomic mass is 10.0. The highest BCUT2D eigenvalue weighted by Gasteiger charge is 2.14. The van der Waals surface area contributed by atoms with Crippen molar-refractivity contribution in [1.82, 2.24) is 0 Å². The number of hydrogen-bond donors (Lipinski definition) is 2. The molecule has 0 fully saturated rings. The predicted molar refractivity (Wildman–Crippen MR) is 57.1 cm³/mol. The highest BCUT2D eigenvalue weighted by atomic mass is 35.5. The molecule has 0 aliphatic carbocycles. The summed E-state index contributed by atoms with van der Waals surface area (Å²) >= 11 is 0. The highest BCUT2D eigenvalue weighted by Crippen LogP contribution is 2.17. The Hall–Kier alpha value is -0.710. The van der Waals surface area contributed by atoms with Gasteiger partial charge >= 0.3 is 0 Å². The molecule has 0 heterocycles. The average molecular weight is 238 g/mol. The quantitative estimate of drug-likeness (QED) is 0.838. The van der Waals surface area contributed by atoms with E-state index in [0.29, 0.717) is 5.56 Å². The molecular weight excluding hydrogens is 224 g/mol. The molecule has 1 unspecified atom stereocenters. The summed E-state index contributed by atoms with van der Waals surface area (Å²) in [5.41, 5.74) is 5.74. The molecule has 1 aromatic rings. The number of benzene rings is 1. The van der Waals surface area contributed by atoms with Crippen molar-refractivity contribution in [2.75, 3.05) is 6.61 Å². The first-order chi connectivity index (χ1) is 6.56. The van der Waals surface area contributed by atoms with Crippen molar-refractivity contribution in [2.45, 2.75) is 19.4 Å². The molecule has 1 rings (SSSR count). The van der Waals surface area contributed by atoms with Gasteiger partial charge in [0.25, 0.3) is 0 Å². The number of hydrogen-bond acceptors (Lipinski definition) is 2. The lowest BCUT2D eigenvalue weighted by molar-refractivity contribution is 0.263. The van der Waals surface area contributed by atoms with Gasteiger partial charge in [0.15, 0.2) is 0 Å². The van der Waals surface area contributed by atoms with Crippen LogP contribution in [-0.4, -0.2) is 17.8 Å². The van der Waals surface area contributed by atoms with Gasteiger partial charge in [-0.1, -0.05) is 6.07 Å². The minimum absolute atomic E-state index is 0. The normalized spacial score (nSPS) is 12.1. The largest absolute Gasteiger partial charge is 0.395 e. The van der Waals surface area contributed by atoms with E-state index in [4.69, 9.17) is 10.8 Å². The zero-order valence-electron chi connectivity index (χ0n) is 8.34. The van der Waals surface area contributed by atoms with Gasteiger partial charge in [-0.25, -0.2) is 8.78 Å². The molecule has 0 aromatic heterocycles. The molecular formula is C10H14ClF2NO. The summed E-state index contributed by atoms with van der Waals surface area (Å²) in [4.78, 5) is 0. The zero-order valence-corrected chi connectivity index (χ0v) is 9.15. The summed E-state index contributed by atoms with van der Waals surface area (Å²) in [5.74, 6) is -1.19. The monoisotopic (exact) mass is 237 g/mol. The number of aliphatic hydroxyl groups is 1. The Morgan fingerprint density at radius 3 is 2.53 bits per heavy atom. The van der Waals surface area contributed by atoms with E-state index < -0.39 is 17.7 Å². The van der Waals surface area contributed by atoms with Crippen LogP contribution in [0.25, 0.3) is 0 Å². The number of aryl methyl sites for hydroxylation is 1. The average Bonchev–Trinajstić information content (AvgIpc) is 2.18. The Morgan fingerprint density at radius 1 is 1.40 bits per heavy atom. The van der Waals surface area contributed by atoms with Gasteiger partial charge in [0.2, 0.25) is 0 Å². The first-order valence-corrected chi connectivity index (χ1v) is 4.36. The van der Waals surface area contributed by atoms with Gasteiger partial charge < -0.3 is 10.8 Å². The van der Waals surface area contributed by atoms with Crippen molar-refractivity contribution in [1.29, 1.82) is 0 Å². The van der Waals surface area contributed by atoms with Gasteiger partial charge in [-0.05, 0) is 25.0 Å². The van der Waals surface area contributed by atoms with Crippen LogP contribution in [0.2, 0.25) is 0 Å². The fraction of sp³-hybridized carbons (Fsp3) is 0.400. The van der Waals surface area contributed by atoms with Gasteiger partial charge in [-0.3, -0.25) is 0 Å². The molecule has 3 N–H and O–H groups in total. The summed E-state index contributed by atoms with van der Waals surface area (Å²) in [7, 11) is 0. The fourth-order valence-electron chi connectivity index (χ4n) is 1.23. The number of halogens is 3. The van der Waals surface area contributed by atoms with Crippen LogP contribution in [0.4, 0.5) is 8.78 Å². The third-order valence-electron chi connectivity index (χ3n) is 2.08. The summed E-state index contributed by atoms with van der Waals surface area (Å²) in [6.45, 7) is 1.27. The van der Waals surface area contributed by atoms with E-state index in [2.05, 4.69) is 0 Å². The molecule has 1 aromatic carbocycles. The number of aliphatic hydroxyl groups excluding tert-OH is 1. The van der Waals surface area contributed by atoms with Crippen molar-refractivity contribution in [3.8, 4) is 0 Å². The molecule has 5 heteroatoms. The van der Waals surface area contributed by atoms with Crippen LogP contribution in [0, 0.1) is 18.6 Å². The first kappa shape index (κ1) is 14.3. The van der Waals surface area contributed by atoms with Gasteiger partial charge in [-0.2, -0.15) is 0 Å². The summed E-state index contributed by atoms with van der Waals surface area (Å²) in [6, 6.07) is 1.96. The molecule has 1 atom stereocenters. The van der Waals surface area contributed by atoms with E-state index >= 15 is 0 Å². The third kappa shape index (κ3) is 3.41. The van der Waals surface area contributed by atoms with E-state index in [1.165, 1.54) is 12.1 Å². The molecule has 0 bridgehead atoms. The van der Waals surface area contributed by atoms with E-state index in [0.717, 1.165) is 0 Å². The van der Waals surface area contributed by atoms with E-state index in [1.54, 1.807) is 6.92 Å². The molecule has 0 aliphatic heterocycles. The van der Waals surface area contributed by atoms with Crippen molar-refractivity contribution in [3.63, 3.8) is 0 Å². The second-order valence-electron chi connectivity index (χ2n) is 3.30. The number of rotatable bonds is 3. The van der Waals surface area contributed by atoms with Gasteiger partial charge in [0, 0.05) is 11.6 Å². The van der Waals surface area contributed by atoms with Gasteiger partial charge in [-0.15, -0.1) is 12.4 Å². The predicted octanol–water partition coefficient (Wildman–Crippen LogP) is 1.56. The summed E-state index contributed by atoms with van der Waals surface area (Å²) in [6.07, 6.45) is 0.00977. The van der Waals surface area contributed by atoms with Crippen LogP contribution < -0.4 is 5.73 Å². The van der Waals surface area contributed by atoms with Crippen molar-refractivity contribution in [2.24, 2.45) is 5.73 Å². The van der Waals surface area contributed by atoms with Crippen LogP contribution >= 0.6 is 12.4 Å². The maximum atomic E-state index is 13.4. The smallest absolute Gasteiger partial charge is 0.132 e. The van der Waals surface area contributed by atoms with E-state index in [9.17, 15) is 8.78 Å². The van der Waals surface area contributed by atoms with Crippen LogP contribution in [-0.2, 0) is 6.42 Å². The standard InChI is InChI=1S/C10H13F2NO.ClH/c1-6-2-3-9(11)8(10(6)12)4-7(13)5-14;/h2-3,7,14H,4-5,13H2,1H3;1H. The van der Waals surface area contributed by atoms with Gasteiger partial charge in [0.1, 0.15) is 11.6 Å². The Kier molecular flexibility index (Phi) is 5.72. The molecule has 0 radical (unpaired) electrons. The third-order valence-corrected chi connectivity index (χ3v) is 2.08. The van der Waals surface area contributed by atoms with Crippen molar-refractivity contribution in [3.05, 3.63) is 34.9 Å². The summed E-state index contributed by atoms with van der Waals surface area (Å²) in [5, 5.41) is 8.68. The minimum Gasteiger partial charge on any atom is -0.395 e. The lowest BCUT2D eigenvalue weighted by Gasteiger charge is -2.11. The van der Waals surface area contributed by atoms with Crippen molar-refractivity contribution >= 4 is 12.4 Å². The van der Waals surface area contributed by atoms with Crippen LogP contribution in [0.1, 0.15) is 11.1 Å². The van der Waals surface area contributed by atoms with Crippen LogP contribution in [0.3, 0.4) is 0 Å². The van der Waals surface area contributed by atoms with E-state index in [1.807, 2.05) is 0 Å². The van der Waals surface area contributed by atoms with Crippen LogP contribution in [0.5, 0.6) is 0 Å². The maximum Gasteiger partial charge on any atom is 0.132 e. The molecule has 0 amide bonds. The molecule has 0 aliphatic rings. The summed E-state index contributed by atoms with van der Waals surface area (Å²) < 4.78 is 26.5. The number of nitrogens with two attached hydrogens (primary N) is 1. The molecule has 0 saturated heterocycles. The Labute approximate surface area is 93.5 Å². The zero-order chi connectivity index (χ0) is 10.7. The molecule has 15 heavy (non-hydrogen) atoms. The van der Waals surface area contributed by atoms with E-state index in [-0.39, 0.29) is 31.0 Å². The molecule has 0 spiro atoms. The molecule has 86 valence electrons. The second-order valence-corrected chi connectivity index (χ2v) is 3.30. The van der Waals surface area contributed by atoms with Gasteiger partial charge in [0.05, 0.1) is 6.61 Å². The first-order valence-electron chi connectivity index (χ1n) is 4.36. The Bertz CT molecular complexity index is 333. The highest BCUT2D eigenvalue weighted by molar-refractivity contribution is 5.85. The Morgan fingerprint density at radius 2 is 2.00 bits per heavy atom. The SMILES string of the molecule is Cc1ccc(F)c(CC(N)CO)c1F.Cl. The van der Waals surface area contributed by atoms with Crippen LogP contribution in [0.15, 0.2) is 12.1 Å². The minimum atomic E-state index is -0.624.